The van der Waals surface area contributed by atoms with E-state index < -0.39 is 0 Å². The van der Waals surface area contributed by atoms with Crippen LogP contribution in [0.4, 0.5) is 0 Å². The second-order valence-electron chi connectivity index (χ2n) is 5.73. The third-order valence-corrected chi connectivity index (χ3v) is 4.06. The summed E-state index contributed by atoms with van der Waals surface area (Å²) in [6.45, 7) is 4.28. The Morgan fingerprint density at radius 1 is 1.27 bits per heavy atom. The highest BCUT2D eigenvalue weighted by Crippen LogP contribution is 2.19. The number of hydrogen-bond donors (Lipinski definition) is 1. The van der Waals surface area contributed by atoms with Crippen LogP contribution in [0.2, 0.25) is 0 Å². The van der Waals surface area contributed by atoms with Crippen LogP contribution in [0.15, 0.2) is 66.2 Å². The number of amides is 1. The molecule has 1 N–H and O–H groups in total. The number of pyridine rings is 2. The SMILES string of the molecule is C=CCn1c(C(=O)NCc2ccncc2)cc2cc(OC)ccc2c1=O. The van der Waals surface area contributed by atoms with Crippen LogP contribution in [0.5, 0.6) is 5.75 Å². The number of aromatic nitrogens is 2. The van der Waals surface area contributed by atoms with E-state index >= 15 is 0 Å². The standard InChI is InChI=1S/C20H19N3O3/c1-3-10-23-18(19(24)22-13-14-6-8-21-9-7-14)12-15-11-16(26-2)4-5-17(15)20(23)25/h3-9,11-12H,1,10,13H2,2H3,(H,22,24). The van der Waals surface area contributed by atoms with Crippen molar-refractivity contribution < 1.29 is 9.53 Å². The molecule has 0 bridgehead atoms. The molecule has 0 fully saturated rings. The summed E-state index contributed by atoms with van der Waals surface area (Å²) in [5, 5.41) is 4.03. The Morgan fingerprint density at radius 2 is 2.04 bits per heavy atom. The van der Waals surface area contributed by atoms with Gasteiger partial charge in [-0.3, -0.25) is 19.1 Å². The van der Waals surface area contributed by atoms with Crippen molar-refractivity contribution in [3.05, 3.63) is 83.1 Å². The molecule has 3 rings (SSSR count). The molecule has 0 atom stereocenters. The lowest BCUT2D eigenvalue weighted by atomic mass is 10.1. The first-order valence-electron chi connectivity index (χ1n) is 8.13. The summed E-state index contributed by atoms with van der Waals surface area (Å²) < 4.78 is 6.63. The Bertz CT molecular complexity index is 1010. The number of benzene rings is 1. The van der Waals surface area contributed by atoms with E-state index in [2.05, 4.69) is 16.9 Å². The molecule has 2 aromatic heterocycles. The number of nitrogens with one attached hydrogen (secondary N) is 1. The van der Waals surface area contributed by atoms with E-state index in [0.717, 1.165) is 5.56 Å². The van der Waals surface area contributed by atoms with Gasteiger partial charge in [-0.25, -0.2) is 0 Å². The zero-order chi connectivity index (χ0) is 18.5. The summed E-state index contributed by atoms with van der Waals surface area (Å²) in [5.41, 5.74) is 0.970. The van der Waals surface area contributed by atoms with E-state index in [0.29, 0.717) is 23.1 Å². The molecule has 1 amide bonds. The fourth-order valence-electron chi connectivity index (χ4n) is 2.73. The Kier molecular flexibility index (Phi) is 5.12. The van der Waals surface area contributed by atoms with Crippen LogP contribution >= 0.6 is 0 Å². The average Bonchev–Trinajstić information content (AvgIpc) is 2.68. The first-order valence-corrected chi connectivity index (χ1v) is 8.13. The van der Waals surface area contributed by atoms with Gasteiger partial charge in [-0.1, -0.05) is 6.08 Å². The summed E-state index contributed by atoms with van der Waals surface area (Å²) in [7, 11) is 1.56. The number of rotatable bonds is 6. The Balaban J connectivity index is 2.01. The highest BCUT2D eigenvalue weighted by molar-refractivity contribution is 5.97. The first kappa shape index (κ1) is 17.4. The second kappa shape index (κ2) is 7.65. The van der Waals surface area contributed by atoms with E-state index in [1.54, 1.807) is 49.8 Å². The molecule has 6 nitrogen and oxygen atoms in total. The molecule has 132 valence electrons. The number of methoxy groups -OCH3 is 1. The van der Waals surface area contributed by atoms with Crippen molar-refractivity contribution in [2.75, 3.05) is 7.11 Å². The predicted octanol–water partition coefficient (Wildman–Crippen LogP) is 2.52. The smallest absolute Gasteiger partial charge is 0.268 e. The molecular formula is C20H19N3O3. The van der Waals surface area contributed by atoms with Crippen molar-refractivity contribution in [2.45, 2.75) is 13.1 Å². The molecular weight excluding hydrogens is 330 g/mol. The number of hydrogen-bond acceptors (Lipinski definition) is 4. The molecule has 0 unspecified atom stereocenters. The molecule has 3 aromatic rings. The van der Waals surface area contributed by atoms with E-state index in [9.17, 15) is 9.59 Å². The van der Waals surface area contributed by atoms with Crippen molar-refractivity contribution in [3.63, 3.8) is 0 Å². The van der Waals surface area contributed by atoms with E-state index in [4.69, 9.17) is 4.74 Å². The van der Waals surface area contributed by atoms with Gasteiger partial charge < -0.3 is 10.1 Å². The van der Waals surface area contributed by atoms with Crippen molar-refractivity contribution in [1.29, 1.82) is 0 Å². The fourth-order valence-corrected chi connectivity index (χ4v) is 2.73. The van der Waals surface area contributed by atoms with Crippen LogP contribution in [0.1, 0.15) is 16.1 Å². The van der Waals surface area contributed by atoms with Gasteiger partial charge in [0.1, 0.15) is 11.4 Å². The summed E-state index contributed by atoms with van der Waals surface area (Å²) in [5.74, 6) is 0.298. The van der Waals surface area contributed by atoms with Crippen LogP contribution in [-0.2, 0) is 13.1 Å². The van der Waals surface area contributed by atoms with Crippen LogP contribution in [0, 0.1) is 0 Å². The Hall–Kier alpha value is -3.41. The number of carbonyl (C=O) groups is 1. The Morgan fingerprint density at radius 3 is 2.73 bits per heavy atom. The maximum atomic E-state index is 12.8. The third kappa shape index (κ3) is 3.49. The number of carbonyl (C=O) groups excluding carboxylic acids is 1. The van der Waals surface area contributed by atoms with Gasteiger partial charge in [-0.15, -0.1) is 6.58 Å². The van der Waals surface area contributed by atoms with Gasteiger partial charge in [0.25, 0.3) is 11.5 Å². The lowest BCUT2D eigenvalue weighted by Crippen LogP contribution is -2.32. The van der Waals surface area contributed by atoms with Gasteiger partial charge in [0, 0.05) is 30.9 Å². The molecule has 0 aliphatic carbocycles. The molecule has 0 radical (unpaired) electrons. The zero-order valence-electron chi connectivity index (χ0n) is 14.4. The maximum absolute atomic E-state index is 12.8. The number of nitrogens with zero attached hydrogens (tertiary/aromatic N) is 2. The summed E-state index contributed by atoms with van der Waals surface area (Å²) >= 11 is 0. The molecule has 0 spiro atoms. The minimum Gasteiger partial charge on any atom is -0.497 e. The molecule has 0 aliphatic heterocycles. The van der Waals surface area contributed by atoms with Crippen molar-refractivity contribution >= 4 is 16.7 Å². The van der Waals surface area contributed by atoms with Crippen LogP contribution in [0.25, 0.3) is 10.8 Å². The second-order valence-corrected chi connectivity index (χ2v) is 5.73. The molecule has 0 saturated carbocycles. The van der Waals surface area contributed by atoms with Crippen LogP contribution < -0.4 is 15.6 Å². The zero-order valence-corrected chi connectivity index (χ0v) is 14.4. The highest BCUT2D eigenvalue weighted by atomic mass is 16.5. The average molecular weight is 349 g/mol. The monoisotopic (exact) mass is 349 g/mol. The third-order valence-electron chi connectivity index (χ3n) is 4.06. The van der Waals surface area contributed by atoms with Gasteiger partial charge in [0.2, 0.25) is 0 Å². The molecule has 1 aromatic carbocycles. The lowest BCUT2D eigenvalue weighted by Gasteiger charge is -2.13. The van der Waals surface area contributed by atoms with Crippen molar-refractivity contribution in [1.82, 2.24) is 14.9 Å². The quantitative estimate of drug-likeness (QED) is 0.694. The van der Waals surface area contributed by atoms with Crippen molar-refractivity contribution in [2.24, 2.45) is 0 Å². The number of fused-ring (bicyclic) bond motifs is 1. The van der Waals surface area contributed by atoms with Crippen LogP contribution in [0.3, 0.4) is 0 Å². The van der Waals surface area contributed by atoms with Gasteiger partial charge in [-0.2, -0.15) is 0 Å². The largest absolute Gasteiger partial charge is 0.497 e. The summed E-state index contributed by atoms with van der Waals surface area (Å²) in [6, 6.07) is 10.5. The van der Waals surface area contributed by atoms with Crippen molar-refractivity contribution in [3.8, 4) is 5.75 Å². The van der Waals surface area contributed by atoms with Crippen LogP contribution in [-0.4, -0.2) is 22.6 Å². The molecule has 0 aliphatic rings. The lowest BCUT2D eigenvalue weighted by molar-refractivity contribution is 0.0941. The van der Waals surface area contributed by atoms with E-state index in [-0.39, 0.29) is 23.7 Å². The highest BCUT2D eigenvalue weighted by Gasteiger charge is 2.15. The summed E-state index contributed by atoms with van der Waals surface area (Å²) in [6.07, 6.45) is 4.92. The summed E-state index contributed by atoms with van der Waals surface area (Å²) in [4.78, 5) is 29.5. The fraction of sp³-hybridized carbons (Fsp3) is 0.150. The molecule has 26 heavy (non-hydrogen) atoms. The van der Waals surface area contributed by atoms with Gasteiger partial charge >= 0.3 is 0 Å². The van der Waals surface area contributed by atoms with E-state index in [1.807, 2.05) is 12.1 Å². The minimum absolute atomic E-state index is 0.237. The number of allylic oxidation sites excluding steroid dienone is 1. The Labute approximate surface area is 150 Å². The molecule has 0 saturated heterocycles. The first-order chi connectivity index (χ1) is 12.6. The predicted molar refractivity (Wildman–Crippen MR) is 100 cm³/mol. The van der Waals surface area contributed by atoms with Gasteiger partial charge in [0.05, 0.1) is 7.11 Å². The topological polar surface area (TPSA) is 73.2 Å². The normalized spacial score (nSPS) is 10.5. The number of ether oxygens (including phenoxy) is 1. The maximum Gasteiger partial charge on any atom is 0.268 e. The van der Waals surface area contributed by atoms with Gasteiger partial charge in [-0.05, 0) is 47.3 Å². The van der Waals surface area contributed by atoms with Gasteiger partial charge in [0.15, 0.2) is 0 Å². The van der Waals surface area contributed by atoms with E-state index in [1.165, 1.54) is 4.57 Å². The minimum atomic E-state index is -0.328. The molecule has 2 heterocycles. The molecule has 6 heteroatoms.